The number of nitrogens with zero attached hydrogens (tertiary/aromatic N) is 5. The molecule has 0 amide bonds. The molecule has 0 bridgehead atoms. The van der Waals surface area contributed by atoms with E-state index in [9.17, 15) is 0 Å². The molecule has 28 heavy (non-hydrogen) atoms. The average Bonchev–Trinajstić information content (AvgIpc) is 3.39. The van der Waals surface area contributed by atoms with Crippen LogP contribution in [0.1, 0.15) is 63.0 Å². The summed E-state index contributed by atoms with van der Waals surface area (Å²) in [5, 5.41) is 10.5. The van der Waals surface area contributed by atoms with Crippen LogP contribution in [-0.4, -0.2) is 39.9 Å². The van der Waals surface area contributed by atoms with Crippen LogP contribution in [0.4, 0.5) is 5.82 Å². The van der Waals surface area contributed by atoms with Crippen LogP contribution in [-0.2, 0) is 4.74 Å². The molecule has 1 aliphatic heterocycles. The molecule has 1 aliphatic rings. The van der Waals surface area contributed by atoms with Crippen LogP contribution in [0.25, 0.3) is 10.8 Å². The van der Waals surface area contributed by atoms with Gasteiger partial charge in [0.1, 0.15) is 17.7 Å². The Kier molecular flexibility index (Phi) is 5.41. The topological polar surface area (TPSA) is 77.2 Å². The van der Waals surface area contributed by atoms with E-state index in [-0.39, 0.29) is 12.0 Å². The summed E-state index contributed by atoms with van der Waals surface area (Å²) >= 11 is 1.58. The summed E-state index contributed by atoms with van der Waals surface area (Å²) in [4.78, 5) is 12.8. The van der Waals surface area contributed by atoms with Gasteiger partial charge in [0.05, 0.1) is 18.1 Å². The van der Waals surface area contributed by atoms with E-state index in [0.29, 0.717) is 37.5 Å². The predicted octanol–water partition coefficient (Wildman–Crippen LogP) is 4.41. The van der Waals surface area contributed by atoms with Crippen molar-refractivity contribution in [3.63, 3.8) is 0 Å². The van der Waals surface area contributed by atoms with Crippen LogP contribution in [0.3, 0.4) is 0 Å². The molecule has 1 saturated heterocycles. The first-order valence-electron chi connectivity index (χ1n) is 9.63. The van der Waals surface area contributed by atoms with Crippen LogP contribution in [0.15, 0.2) is 28.0 Å². The van der Waals surface area contributed by atoms with Gasteiger partial charge < -0.3 is 14.1 Å². The fourth-order valence-corrected chi connectivity index (χ4v) is 3.77. The first-order valence-corrected chi connectivity index (χ1v) is 10.5. The number of ether oxygens (including phenoxy) is 1. The van der Waals surface area contributed by atoms with Crippen LogP contribution in [0.5, 0.6) is 0 Å². The molecule has 3 aromatic rings. The maximum Gasteiger partial charge on any atom is 0.257 e. The largest absolute Gasteiger partial charge is 0.418 e. The van der Waals surface area contributed by atoms with Crippen LogP contribution in [0, 0.1) is 0 Å². The standard InChI is InChI=1S/C20H25N5O2S/c1-12(2)14-10-17(22-18(21-14)13(3)4)25-7-8-26-11-15(25)19-23-24-20(27-19)16-6-5-9-28-16/h5-6,9-10,12-13,15H,7-8,11H2,1-4H3/t15-/m0/s1. The number of hydrogen-bond acceptors (Lipinski definition) is 8. The maximum atomic E-state index is 6.00. The third kappa shape index (κ3) is 3.79. The number of hydrogen-bond donors (Lipinski definition) is 0. The Labute approximate surface area is 168 Å². The second-order valence-electron chi connectivity index (χ2n) is 7.53. The monoisotopic (exact) mass is 399 g/mol. The molecule has 7 nitrogen and oxygen atoms in total. The summed E-state index contributed by atoms with van der Waals surface area (Å²) < 4.78 is 11.7. The predicted molar refractivity (Wildman–Crippen MR) is 109 cm³/mol. The van der Waals surface area contributed by atoms with Crippen molar-refractivity contribution in [2.24, 2.45) is 0 Å². The summed E-state index contributed by atoms with van der Waals surface area (Å²) in [5.74, 6) is 3.43. The summed E-state index contributed by atoms with van der Waals surface area (Å²) in [5.41, 5.74) is 1.05. The Morgan fingerprint density at radius 2 is 2.00 bits per heavy atom. The van der Waals surface area contributed by atoms with E-state index in [4.69, 9.17) is 19.1 Å². The van der Waals surface area contributed by atoms with Gasteiger partial charge in [0.2, 0.25) is 5.89 Å². The van der Waals surface area contributed by atoms with Gasteiger partial charge in [-0.2, -0.15) is 0 Å². The molecule has 1 atom stereocenters. The molecule has 4 rings (SSSR count). The normalized spacial score (nSPS) is 17.6. The summed E-state index contributed by atoms with van der Waals surface area (Å²) in [6.07, 6.45) is 0. The Hall–Kier alpha value is -2.32. The van der Waals surface area contributed by atoms with Gasteiger partial charge in [0.25, 0.3) is 5.89 Å². The highest BCUT2D eigenvalue weighted by molar-refractivity contribution is 7.13. The minimum Gasteiger partial charge on any atom is -0.418 e. The summed E-state index contributed by atoms with van der Waals surface area (Å²) in [6.45, 7) is 10.4. The summed E-state index contributed by atoms with van der Waals surface area (Å²) in [6, 6.07) is 5.86. The van der Waals surface area contributed by atoms with E-state index in [0.717, 1.165) is 22.2 Å². The molecule has 0 aromatic carbocycles. The molecule has 0 spiro atoms. The molecule has 1 fully saturated rings. The molecular formula is C20H25N5O2S. The fourth-order valence-electron chi connectivity index (χ4n) is 3.12. The van der Waals surface area contributed by atoms with Gasteiger partial charge >= 0.3 is 0 Å². The number of anilines is 1. The Morgan fingerprint density at radius 1 is 1.14 bits per heavy atom. The number of morpholine rings is 1. The molecule has 148 valence electrons. The highest BCUT2D eigenvalue weighted by Gasteiger charge is 2.31. The molecule has 0 unspecified atom stereocenters. The lowest BCUT2D eigenvalue weighted by Crippen LogP contribution is -2.40. The van der Waals surface area contributed by atoms with Gasteiger partial charge in [-0.05, 0) is 17.4 Å². The van der Waals surface area contributed by atoms with E-state index >= 15 is 0 Å². The van der Waals surface area contributed by atoms with E-state index in [2.05, 4.69) is 48.9 Å². The van der Waals surface area contributed by atoms with E-state index in [1.54, 1.807) is 11.3 Å². The first-order chi connectivity index (χ1) is 13.5. The fraction of sp³-hybridized carbons (Fsp3) is 0.500. The third-order valence-electron chi connectivity index (χ3n) is 4.74. The number of thiophene rings is 1. The first kappa shape index (κ1) is 19.0. The van der Waals surface area contributed by atoms with Gasteiger partial charge in [-0.25, -0.2) is 9.97 Å². The second kappa shape index (κ2) is 7.97. The van der Waals surface area contributed by atoms with Gasteiger partial charge in [-0.15, -0.1) is 21.5 Å². The van der Waals surface area contributed by atoms with E-state index in [1.165, 1.54) is 0 Å². The third-order valence-corrected chi connectivity index (χ3v) is 5.60. The summed E-state index contributed by atoms with van der Waals surface area (Å²) in [7, 11) is 0. The van der Waals surface area contributed by atoms with E-state index in [1.807, 2.05) is 17.5 Å². The van der Waals surface area contributed by atoms with Crippen LogP contribution < -0.4 is 4.90 Å². The minimum atomic E-state index is -0.162. The molecule has 0 saturated carbocycles. The number of aromatic nitrogens is 4. The van der Waals surface area contributed by atoms with Crippen LogP contribution >= 0.6 is 11.3 Å². The minimum absolute atomic E-state index is 0.162. The van der Waals surface area contributed by atoms with Crippen molar-refractivity contribution in [3.05, 3.63) is 41.0 Å². The SMILES string of the molecule is CC(C)c1cc(N2CCOC[C@H]2c2nnc(-c3cccs3)o2)nc(C(C)C)n1. The average molecular weight is 400 g/mol. The van der Waals surface area contributed by atoms with Gasteiger partial charge in [-0.3, -0.25) is 0 Å². The molecule has 0 aliphatic carbocycles. The zero-order valence-electron chi connectivity index (χ0n) is 16.6. The van der Waals surface area contributed by atoms with Crippen molar-refractivity contribution in [3.8, 4) is 10.8 Å². The second-order valence-corrected chi connectivity index (χ2v) is 8.47. The molecule has 3 aromatic heterocycles. The highest BCUT2D eigenvalue weighted by atomic mass is 32.1. The quantitative estimate of drug-likeness (QED) is 0.629. The van der Waals surface area contributed by atoms with Crippen molar-refractivity contribution >= 4 is 17.2 Å². The van der Waals surface area contributed by atoms with Crippen molar-refractivity contribution in [1.29, 1.82) is 0 Å². The van der Waals surface area contributed by atoms with Crippen LogP contribution in [0.2, 0.25) is 0 Å². The smallest absolute Gasteiger partial charge is 0.257 e. The highest BCUT2D eigenvalue weighted by Crippen LogP contribution is 2.32. The van der Waals surface area contributed by atoms with E-state index < -0.39 is 0 Å². The van der Waals surface area contributed by atoms with Gasteiger partial charge in [-0.1, -0.05) is 33.8 Å². The Morgan fingerprint density at radius 3 is 2.71 bits per heavy atom. The Bertz CT molecular complexity index is 896. The molecular weight excluding hydrogens is 374 g/mol. The lowest BCUT2D eigenvalue weighted by atomic mass is 10.1. The van der Waals surface area contributed by atoms with Crippen molar-refractivity contribution < 1.29 is 9.15 Å². The maximum absolute atomic E-state index is 6.00. The van der Waals surface area contributed by atoms with Crippen molar-refractivity contribution in [2.45, 2.75) is 45.6 Å². The number of rotatable bonds is 5. The van der Waals surface area contributed by atoms with Gasteiger partial charge in [0.15, 0.2) is 0 Å². The van der Waals surface area contributed by atoms with Gasteiger partial charge in [0, 0.05) is 24.2 Å². The molecule has 8 heteroatoms. The molecule has 0 N–H and O–H groups in total. The molecule has 4 heterocycles. The van der Waals surface area contributed by atoms with Crippen molar-refractivity contribution in [2.75, 3.05) is 24.7 Å². The van der Waals surface area contributed by atoms with Crippen molar-refractivity contribution in [1.82, 2.24) is 20.2 Å². The molecule has 0 radical (unpaired) electrons. The zero-order chi connectivity index (χ0) is 19.7. The lowest BCUT2D eigenvalue weighted by molar-refractivity contribution is 0.0857. The lowest BCUT2D eigenvalue weighted by Gasteiger charge is -2.34. The zero-order valence-corrected chi connectivity index (χ0v) is 17.4. The Balaban J connectivity index is 1.70.